The minimum absolute atomic E-state index is 0.0396. The van der Waals surface area contributed by atoms with E-state index in [1.54, 1.807) is 43.0 Å². The Balaban J connectivity index is 2.05. The number of rotatable bonds is 9. The lowest BCUT2D eigenvalue weighted by molar-refractivity contribution is -0.119. The van der Waals surface area contributed by atoms with Crippen LogP contribution >= 0.6 is 0 Å². The van der Waals surface area contributed by atoms with Crippen molar-refractivity contribution in [1.82, 2.24) is 14.0 Å². The van der Waals surface area contributed by atoms with Crippen molar-refractivity contribution < 1.29 is 19.1 Å². The summed E-state index contributed by atoms with van der Waals surface area (Å²) in [6.45, 7) is 4.49. The van der Waals surface area contributed by atoms with Gasteiger partial charge in [-0.2, -0.15) is 4.99 Å². The molecule has 0 fully saturated rings. The number of methoxy groups -OCH3 is 1. The molecular formula is C28H30N4O5. The van der Waals surface area contributed by atoms with Gasteiger partial charge in [-0.15, -0.1) is 0 Å². The lowest BCUT2D eigenvalue weighted by atomic mass is 9.96. The van der Waals surface area contributed by atoms with E-state index < -0.39 is 17.8 Å². The monoisotopic (exact) mass is 502 g/mol. The van der Waals surface area contributed by atoms with Crippen LogP contribution in [0.2, 0.25) is 0 Å². The number of fused-ring (bicyclic) bond motifs is 2. The molecule has 0 radical (unpaired) electrons. The Morgan fingerprint density at radius 2 is 1.84 bits per heavy atom. The average molecular weight is 503 g/mol. The number of amides is 1. The average Bonchev–Trinajstić information content (AvgIpc) is 2.91. The number of carbonyl (C=O) groups is 2. The van der Waals surface area contributed by atoms with Crippen LogP contribution in [0.1, 0.15) is 48.5 Å². The van der Waals surface area contributed by atoms with E-state index >= 15 is 0 Å². The molecule has 4 rings (SSSR count). The molecule has 1 amide bonds. The molecule has 0 bridgehead atoms. The number of aromatic nitrogens is 3. The second kappa shape index (κ2) is 11.7. The molecule has 0 saturated carbocycles. The maximum Gasteiger partial charge on any atom is 0.341 e. The summed E-state index contributed by atoms with van der Waals surface area (Å²) in [4.78, 5) is 49.2. The van der Waals surface area contributed by atoms with Gasteiger partial charge in [0.25, 0.3) is 11.5 Å². The number of ether oxygens (including phenoxy) is 2. The number of benzene rings is 1. The van der Waals surface area contributed by atoms with Crippen LogP contribution < -0.4 is 11.0 Å². The first-order valence-electron chi connectivity index (χ1n) is 12.3. The molecule has 1 atom stereocenters. The zero-order valence-corrected chi connectivity index (χ0v) is 21.2. The molecule has 0 saturated heterocycles. The van der Waals surface area contributed by atoms with Crippen molar-refractivity contribution in [3.05, 3.63) is 87.8 Å². The quantitative estimate of drug-likeness (QED) is 0.197. The third kappa shape index (κ3) is 5.36. The molecule has 0 aliphatic rings. The number of carbonyl (C=O) groups excluding carboxylic acids is 2. The van der Waals surface area contributed by atoms with Crippen molar-refractivity contribution in [2.75, 3.05) is 20.3 Å². The van der Waals surface area contributed by atoms with Crippen molar-refractivity contribution in [3.8, 4) is 0 Å². The maximum absolute atomic E-state index is 13.5. The topological polar surface area (TPSA) is 104 Å². The molecule has 37 heavy (non-hydrogen) atoms. The largest absolute Gasteiger partial charge is 0.462 e. The van der Waals surface area contributed by atoms with Crippen LogP contribution in [0.5, 0.6) is 0 Å². The van der Waals surface area contributed by atoms with Gasteiger partial charge in [0.15, 0.2) is 5.49 Å². The summed E-state index contributed by atoms with van der Waals surface area (Å²) >= 11 is 0. The third-order valence-corrected chi connectivity index (χ3v) is 6.14. The van der Waals surface area contributed by atoms with Crippen LogP contribution in [-0.2, 0) is 20.8 Å². The highest BCUT2D eigenvalue weighted by Gasteiger charge is 2.23. The summed E-state index contributed by atoms with van der Waals surface area (Å²) in [7, 11) is 1.59. The Bertz CT molecular complexity index is 1560. The van der Waals surface area contributed by atoms with Crippen molar-refractivity contribution >= 4 is 28.6 Å². The number of hydrogen-bond acceptors (Lipinski definition) is 6. The molecule has 0 aliphatic carbocycles. The number of hydrogen-bond donors (Lipinski definition) is 0. The second-order valence-corrected chi connectivity index (χ2v) is 8.50. The molecule has 1 aromatic carbocycles. The Labute approximate surface area is 214 Å². The van der Waals surface area contributed by atoms with Crippen LogP contribution in [0.25, 0.3) is 16.7 Å². The van der Waals surface area contributed by atoms with Crippen molar-refractivity contribution in [1.29, 1.82) is 0 Å². The van der Waals surface area contributed by atoms with E-state index in [2.05, 4.69) is 4.99 Å². The first-order valence-corrected chi connectivity index (χ1v) is 12.3. The van der Waals surface area contributed by atoms with Crippen LogP contribution in [0.4, 0.5) is 0 Å². The molecule has 9 heteroatoms. The smallest absolute Gasteiger partial charge is 0.341 e. The van der Waals surface area contributed by atoms with Crippen LogP contribution in [0.3, 0.4) is 0 Å². The summed E-state index contributed by atoms with van der Waals surface area (Å²) in [6.07, 6.45) is 2.70. The zero-order valence-electron chi connectivity index (χ0n) is 21.2. The summed E-state index contributed by atoms with van der Waals surface area (Å²) in [5.74, 6) is -1.55. The minimum atomic E-state index is -0.665. The first kappa shape index (κ1) is 26.0. The molecule has 0 unspecified atom stereocenters. The summed E-state index contributed by atoms with van der Waals surface area (Å²) in [6, 6.07) is 16.1. The minimum Gasteiger partial charge on any atom is -0.462 e. The Hall–Kier alpha value is -4.11. The number of pyridine rings is 2. The van der Waals surface area contributed by atoms with Crippen LogP contribution in [0.15, 0.2) is 70.6 Å². The normalized spacial score (nSPS) is 12.7. The van der Waals surface area contributed by atoms with Gasteiger partial charge in [0, 0.05) is 26.5 Å². The lowest BCUT2D eigenvalue weighted by Gasteiger charge is -2.16. The van der Waals surface area contributed by atoms with E-state index in [1.165, 1.54) is 10.5 Å². The van der Waals surface area contributed by atoms with Crippen molar-refractivity contribution in [3.63, 3.8) is 0 Å². The van der Waals surface area contributed by atoms with E-state index in [0.29, 0.717) is 37.3 Å². The molecule has 3 aromatic heterocycles. The van der Waals surface area contributed by atoms with E-state index in [9.17, 15) is 14.4 Å². The molecule has 9 nitrogen and oxygen atoms in total. The second-order valence-electron chi connectivity index (χ2n) is 8.50. The van der Waals surface area contributed by atoms with Crippen LogP contribution in [-0.4, -0.2) is 46.2 Å². The highest BCUT2D eigenvalue weighted by atomic mass is 16.5. The zero-order chi connectivity index (χ0) is 26.4. The Kier molecular flexibility index (Phi) is 8.25. The number of aryl methyl sites for hydroxylation is 1. The van der Waals surface area contributed by atoms with Gasteiger partial charge in [-0.25, -0.2) is 9.78 Å². The summed E-state index contributed by atoms with van der Waals surface area (Å²) in [5.41, 5.74) is 1.44. The molecule has 0 spiro atoms. The predicted molar refractivity (Wildman–Crippen MR) is 139 cm³/mol. The Morgan fingerprint density at radius 1 is 1.08 bits per heavy atom. The van der Waals surface area contributed by atoms with Gasteiger partial charge in [0.05, 0.1) is 17.9 Å². The standard InChI is InChI=1S/C28H30N4O5/c1-4-20(19-12-7-6-8-13-19)26(33)30-25-22(28(35)37-5-2)18-21-24(32(25)16-11-17-36-3)29-23-14-9-10-15-31(23)27(21)34/h6-10,12-15,18,20H,4-5,11,16-17H2,1-3H3/t20-/m0/s1. The van der Waals surface area contributed by atoms with Gasteiger partial charge >= 0.3 is 5.97 Å². The number of nitrogens with zero attached hydrogens (tertiary/aromatic N) is 4. The predicted octanol–water partition coefficient (Wildman–Crippen LogP) is 3.48. The summed E-state index contributed by atoms with van der Waals surface area (Å²) in [5, 5.41) is 0.227. The van der Waals surface area contributed by atoms with Crippen molar-refractivity contribution in [2.24, 2.45) is 4.99 Å². The van der Waals surface area contributed by atoms with Gasteiger partial charge in [-0.05, 0) is 43.5 Å². The highest BCUT2D eigenvalue weighted by molar-refractivity contribution is 5.94. The SMILES string of the molecule is CCOC(=O)c1cc2c(=O)n3ccccc3nc2n(CCCOC)c1=NC(=O)[C@@H](CC)c1ccccc1. The maximum atomic E-state index is 13.5. The fourth-order valence-electron chi connectivity index (χ4n) is 4.36. The molecule has 192 valence electrons. The fourth-order valence-corrected chi connectivity index (χ4v) is 4.36. The number of esters is 1. The molecule has 3 heterocycles. The Morgan fingerprint density at radius 3 is 2.54 bits per heavy atom. The van der Waals surface area contributed by atoms with Gasteiger partial charge < -0.3 is 14.0 Å². The van der Waals surface area contributed by atoms with E-state index in [0.717, 1.165) is 5.56 Å². The van der Waals surface area contributed by atoms with Gasteiger partial charge in [-0.3, -0.25) is 14.0 Å². The molecular weight excluding hydrogens is 472 g/mol. The van der Waals surface area contributed by atoms with E-state index in [4.69, 9.17) is 14.5 Å². The van der Waals surface area contributed by atoms with Gasteiger partial charge in [-0.1, -0.05) is 43.3 Å². The first-order chi connectivity index (χ1) is 18.0. The molecule has 0 N–H and O–H groups in total. The van der Waals surface area contributed by atoms with Crippen LogP contribution in [0, 0.1) is 0 Å². The van der Waals surface area contributed by atoms with Gasteiger partial charge in [0.1, 0.15) is 16.9 Å². The fraction of sp³-hybridized carbons (Fsp3) is 0.321. The summed E-state index contributed by atoms with van der Waals surface area (Å²) < 4.78 is 13.6. The molecule has 0 aliphatic heterocycles. The molecule has 4 aromatic rings. The van der Waals surface area contributed by atoms with Gasteiger partial charge in [0.2, 0.25) is 0 Å². The van der Waals surface area contributed by atoms with E-state index in [1.807, 2.05) is 37.3 Å². The van der Waals surface area contributed by atoms with Crippen molar-refractivity contribution in [2.45, 2.75) is 39.2 Å². The lowest BCUT2D eigenvalue weighted by Crippen LogP contribution is -2.33. The third-order valence-electron chi connectivity index (χ3n) is 6.14. The van der Waals surface area contributed by atoms with E-state index in [-0.39, 0.29) is 28.6 Å². The highest BCUT2D eigenvalue weighted by Crippen LogP contribution is 2.21.